The van der Waals surface area contributed by atoms with E-state index in [1.54, 1.807) is 23.1 Å². The van der Waals surface area contributed by atoms with Crippen LogP contribution in [0.2, 0.25) is 0 Å². The number of amides is 1. The summed E-state index contributed by atoms with van der Waals surface area (Å²) in [6.45, 7) is 6.07. The van der Waals surface area contributed by atoms with Crippen molar-refractivity contribution in [2.75, 3.05) is 29.4 Å². The number of halogens is 2. The Morgan fingerprint density at radius 1 is 1.00 bits per heavy atom. The monoisotopic (exact) mass is 385 g/mol. The second kappa shape index (κ2) is 7.51. The fourth-order valence-electron chi connectivity index (χ4n) is 4.40. The number of nitrogens with zero attached hydrogens (tertiary/aromatic N) is 3. The molecule has 28 heavy (non-hydrogen) atoms. The maximum atomic E-state index is 14.0. The van der Waals surface area contributed by atoms with Gasteiger partial charge >= 0.3 is 0 Å². The summed E-state index contributed by atoms with van der Waals surface area (Å²) in [4.78, 5) is 19.2. The van der Waals surface area contributed by atoms with Gasteiger partial charge in [0, 0.05) is 24.8 Å². The molecule has 1 amide bonds. The van der Waals surface area contributed by atoms with Crippen molar-refractivity contribution in [3.63, 3.8) is 0 Å². The molecule has 148 valence electrons. The van der Waals surface area contributed by atoms with E-state index in [9.17, 15) is 13.6 Å². The summed E-state index contributed by atoms with van der Waals surface area (Å²) in [5.41, 5.74) is 2.11. The van der Waals surface area contributed by atoms with Gasteiger partial charge in [0.2, 0.25) is 5.91 Å². The van der Waals surface area contributed by atoms with Crippen LogP contribution in [0.25, 0.3) is 0 Å². The number of hydrogen-bond acceptors (Lipinski definition) is 3. The highest BCUT2D eigenvalue weighted by Gasteiger charge is 2.35. The van der Waals surface area contributed by atoms with Crippen LogP contribution in [-0.2, 0) is 4.79 Å². The van der Waals surface area contributed by atoms with Crippen LogP contribution in [0.4, 0.5) is 25.8 Å². The summed E-state index contributed by atoms with van der Waals surface area (Å²) in [7, 11) is 0. The molecule has 0 aliphatic carbocycles. The van der Waals surface area contributed by atoms with E-state index in [0.29, 0.717) is 30.5 Å². The first-order chi connectivity index (χ1) is 13.5. The third-order valence-electron chi connectivity index (χ3n) is 5.93. The topological polar surface area (TPSA) is 26.8 Å². The predicted molar refractivity (Wildman–Crippen MR) is 107 cm³/mol. The zero-order valence-corrected chi connectivity index (χ0v) is 16.2. The second-order valence-electron chi connectivity index (χ2n) is 7.66. The smallest absolute Gasteiger partial charge is 0.244 e. The Kier molecular flexibility index (Phi) is 5.06. The summed E-state index contributed by atoms with van der Waals surface area (Å²) in [5, 5.41) is 0. The van der Waals surface area contributed by atoms with Crippen LogP contribution in [-0.4, -0.2) is 42.5 Å². The van der Waals surface area contributed by atoms with Gasteiger partial charge in [-0.3, -0.25) is 9.69 Å². The van der Waals surface area contributed by atoms with Crippen LogP contribution < -0.4 is 9.80 Å². The van der Waals surface area contributed by atoms with Crippen molar-refractivity contribution in [3.8, 4) is 0 Å². The van der Waals surface area contributed by atoms with Crippen LogP contribution in [0.3, 0.4) is 0 Å². The van der Waals surface area contributed by atoms with Gasteiger partial charge in [-0.2, -0.15) is 0 Å². The van der Waals surface area contributed by atoms with Crippen LogP contribution in [0.1, 0.15) is 26.7 Å². The summed E-state index contributed by atoms with van der Waals surface area (Å²) in [5.74, 6) is -0.632. The van der Waals surface area contributed by atoms with Gasteiger partial charge in [-0.1, -0.05) is 0 Å². The lowest BCUT2D eigenvalue weighted by Crippen LogP contribution is -2.51. The molecule has 2 aromatic rings. The molecule has 0 N–H and O–H groups in total. The number of likely N-dealkylation sites (tertiary alicyclic amines) is 1. The average molecular weight is 385 g/mol. The van der Waals surface area contributed by atoms with Crippen molar-refractivity contribution in [3.05, 3.63) is 54.1 Å². The van der Waals surface area contributed by atoms with Gasteiger partial charge in [-0.15, -0.1) is 0 Å². The summed E-state index contributed by atoms with van der Waals surface area (Å²) in [6, 6.07) is 10.8. The molecule has 1 saturated heterocycles. The van der Waals surface area contributed by atoms with E-state index in [0.717, 1.165) is 25.1 Å². The van der Waals surface area contributed by atoms with E-state index in [1.807, 2.05) is 11.8 Å². The first kappa shape index (κ1) is 18.9. The van der Waals surface area contributed by atoms with Gasteiger partial charge in [0.25, 0.3) is 0 Å². The summed E-state index contributed by atoms with van der Waals surface area (Å²) in [6.07, 6.45) is 2.22. The lowest BCUT2D eigenvalue weighted by Gasteiger charge is -2.40. The molecule has 4 rings (SSSR count). The van der Waals surface area contributed by atoms with Crippen molar-refractivity contribution >= 4 is 23.0 Å². The van der Waals surface area contributed by atoms with Gasteiger partial charge in [0.1, 0.15) is 11.6 Å². The molecule has 0 aromatic heterocycles. The Hall–Kier alpha value is -2.47. The average Bonchev–Trinajstić information content (AvgIpc) is 3.12. The Morgan fingerprint density at radius 3 is 2.39 bits per heavy atom. The minimum Gasteiger partial charge on any atom is -0.338 e. The molecule has 2 unspecified atom stereocenters. The number of benzene rings is 2. The zero-order valence-electron chi connectivity index (χ0n) is 16.2. The molecule has 0 spiro atoms. The van der Waals surface area contributed by atoms with E-state index in [2.05, 4.69) is 11.8 Å². The van der Waals surface area contributed by atoms with Crippen LogP contribution in [0.5, 0.6) is 0 Å². The number of fused-ring (bicyclic) bond motifs is 1. The first-order valence-electron chi connectivity index (χ1n) is 9.85. The number of hydrogen-bond donors (Lipinski definition) is 0. The van der Waals surface area contributed by atoms with Crippen molar-refractivity contribution in [2.45, 2.75) is 38.8 Å². The maximum Gasteiger partial charge on any atom is 0.244 e. The Morgan fingerprint density at radius 2 is 1.71 bits per heavy atom. The largest absolute Gasteiger partial charge is 0.338 e. The van der Waals surface area contributed by atoms with E-state index in [4.69, 9.17) is 0 Å². The molecule has 2 atom stereocenters. The second-order valence-corrected chi connectivity index (χ2v) is 7.66. The fraction of sp³-hybridized carbons (Fsp3) is 0.409. The van der Waals surface area contributed by atoms with E-state index in [-0.39, 0.29) is 23.6 Å². The third kappa shape index (κ3) is 3.37. The lowest BCUT2D eigenvalue weighted by atomic mass is 10.1. The minimum absolute atomic E-state index is 0.0420. The van der Waals surface area contributed by atoms with Gasteiger partial charge in [0.15, 0.2) is 0 Å². The molecule has 4 nitrogen and oxygen atoms in total. The predicted octanol–water partition coefficient (Wildman–Crippen LogP) is 4.32. The normalized spacial score (nSPS) is 20.9. The number of anilines is 3. The van der Waals surface area contributed by atoms with Gasteiger partial charge < -0.3 is 9.80 Å². The number of carbonyl (C=O) groups is 1. The van der Waals surface area contributed by atoms with Gasteiger partial charge in [0.05, 0.1) is 17.4 Å². The quantitative estimate of drug-likeness (QED) is 0.787. The molecule has 2 heterocycles. The van der Waals surface area contributed by atoms with Crippen molar-refractivity contribution in [1.29, 1.82) is 0 Å². The molecule has 2 aliphatic rings. The molecule has 2 aliphatic heterocycles. The first-order valence-corrected chi connectivity index (χ1v) is 9.85. The minimum atomic E-state index is -0.360. The molecule has 0 bridgehead atoms. The van der Waals surface area contributed by atoms with Crippen LogP contribution in [0, 0.1) is 11.6 Å². The van der Waals surface area contributed by atoms with E-state index in [1.165, 1.54) is 24.3 Å². The molecule has 2 aromatic carbocycles. The zero-order chi connectivity index (χ0) is 19.8. The highest BCUT2D eigenvalue weighted by atomic mass is 19.1. The van der Waals surface area contributed by atoms with Crippen molar-refractivity contribution in [2.24, 2.45) is 0 Å². The lowest BCUT2D eigenvalue weighted by molar-refractivity contribution is -0.123. The van der Waals surface area contributed by atoms with E-state index < -0.39 is 0 Å². The SMILES string of the molecule is CC1CCCN1C(C)C(=O)N1CCN(c2ccc(F)cc2)c2cc(F)ccc21. The standard InChI is InChI=1S/C22H25F2N3O/c1-15-4-3-11-25(15)16(2)22(28)27-13-12-26(19-8-5-17(23)6-9-19)21-14-18(24)7-10-20(21)27/h5-10,14-16H,3-4,11-13H2,1-2H3. The fourth-order valence-corrected chi connectivity index (χ4v) is 4.40. The summed E-state index contributed by atoms with van der Waals surface area (Å²) < 4.78 is 27.3. The Balaban J connectivity index is 1.66. The van der Waals surface area contributed by atoms with Crippen LogP contribution in [0.15, 0.2) is 42.5 Å². The number of rotatable bonds is 3. The van der Waals surface area contributed by atoms with Gasteiger partial charge in [-0.05, 0) is 75.7 Å². The molecule has 0 radical (unpaired) electrons. The molecular formula is C22H25F2N3O. The Bertz CT molecular complexity index is 871. The van der Waals surface area contributed by atoms with Gasteiger partial charge in [-0.25, -0.2) is 8.78 Å². The maximum absolute atomic E-state index is 14.0. The highest BCUT2D eigenvalue weighted by molar-refractivity contribution is 6.01. The molecule has 1 fully saturated rings. The third-order valence-corrected chi connectivity index (χ3v) is 5.93. The van der Waals surface area contributed by atoms with Crippen molar-refractivity contribution in [1.82, 2.24) is 4.90 Å². The number of carbonyl (C=O) groups excluding carboxylic acids is 1. The van der Waals surface area contributed by atoms with Crippen LogP contribution >= 0.6 is 0 Å². The molecule has 6 heteroatoms. The Labute approximate surface area is 164 Å². The van der Waals surface area contributed by atoms with Crippen molar-refractivity contribution < 1.29 is 13.6 Å². The summed E-state index contributed by atoms with van der Waals surface area (Å²) >= 11 is 0. The molecule has 0 saturated carbocycles. The van der Waals surface area contributed by atoms with E-state index >= 15 is 0 Å². The molecular weight excluding hydrogens is 360 g/mol. The highest BCUT2D eigenvalue weighted by Crippen LogP contribution is 2.39.